The first-order valence-electron chi connectivity index (χ1n) is 9.24. The van der Waals surface area contributed by atoms with Crippen molar-refractivity contribution in [3.05, 3.63) is 30.1 Å². The number of carbonyl (C=O) groups excluding carboxylic acids is 1. The monoisotopic (exact) mass is 331 g/mol. The molecule has 24 heavy (non-hydrogen) atoms. The molecule has 130 valence electrons. The van der Waals surface area contributed by atoms with Crippen LogP contribution in [0.4, 0.5) is 10.1 Å². The van der Waals surface area contributed by atoms with Gasteiger partial charge in [0.15, 0.2) is 0 Å². The molecule has 1 amide bonds. The maximum absolute atomic E-state index is 13.9. The second-order valence-electron chi connectivity index (χ2n) is 7.33. The van der Waals surface area contributed by atoms with Crippen molar-refractivity contribution in [2.24, 2.45) is 5.92 Å². The fourth-order valence-corrected chi connectivity index (χ4v) is 4.08. The van der Waals surface area contributed by atoms with E-state index < -0.39 is 0 Å². The van der Waals surface area contributed by atoms with Gasteiger partial charge < -0.3 is 9.80 Å². The van der Waals surface area contributed by atoms with E-state index in [-0.39, 0.29) is 5.82 Å². The number of carbonyl (C=O) groups is 1. The molecular formula is C19H26FN3O. The largest absolute Gasteiger partial charge is 0.367 e. The van der Waals surface area contributed by atoms with Crippen LogP contribution in [0.5, 0.6) is 0 Å². The summed E-state index contributed by atoms with van der Waals surface area (Å²) in [6, 6.07) is 7.51. The number of hydrogen-bond acceptors (Lipinski definition) is 3. The van der Waals surface area contributed by atoms with Gasteiger partial charge in [0, 0.05) is 51.2 Å². The molecule has 3 fully saturated rings. The summed E-state index contributed by atoms with van der Waals surface area (Å²) in [5.74, 6) is 0.566. The third kappa shape index (κ3) is 3.27. The van der Waals surface area contributed by atoms with E-state index in [0.29, 0.717) is 23.6 Å². The number of hydrogen-bond donors (Lipinski definition) is 0. The number of rotatable bonds is 3. The minimum atomic E-state index is -0.134. The molecule has 2 heterocycles. The summed E-state index contributed by atoms with van der Waals surface area (Å²) in [5.41, 5.74) is 0.714. The number of likely N-dealkylation sites (tertiary alicyclic amines) is 1. The van der Waals surface area contributed by atoms with E-state index in [2.05, 4.69) is 14.7 Å². The van der Waals surface area contributed by atoms with Crippen molar-refractivity contribution in [1.29, 1.82) is 0 Å². The second kappa shape index (κ2) is 6.71. The minimum Gasteiger partial charge on any atom is -0.367 e. The maximum atomic E-state index is 13.9. The van der Waals surface area contributed by atoms with Gasteiger partial charge in [-0.1, -0.05) is 12.1 Å². The Morgan fingerprint density at radius 1 is 1.00 bits per heavy atom. The molecule has 4 nitrogen and oxygen atoms in total. The van der Waals surface area contributed by atoms with E-state index >= 15 is 0 Å². The van der Waals surface area contributed by atoms with Crippen molar-refractivity contribution in [3.63, 3.8) is 0 Å². The summed E-state index contributed by atoms with van der Waals surface area (Å²) in [5, 5.41) is 0. The van der Waals surface area contributed by atoms with Gasteiger partial charge in [-0.2, -0.15) is 0 Å². The average Bonchev–Trinajstić information content (AvgIpc) is 3.47. The molecule has 2 saturated heterocycles. The lowest BCUT2D eigenvalue weighted by molar-refractivity contribution is -0.134. The third-order valence-electron chi connectivity index (χ3n) is 5.66. The summed E-state index contributed by atoms with van der Waals surface area (Å²) in [6.07, 6.45) is 4.45. The summed E-state index contributed by atoms with van der Waals surface area (Å²) in [4.78, 5) is 19.1. The van der Waals surface area contributed by atoms with Crippen LogP contribution in [-0.2, 0) is 4.79 Å². The molecule has 5 heteroatoms. The van der Waals surface area contributed by atoms with E-state index in [1.807, 2.05) is 12.1 Å². The first-order valence-corrected chi connectivity index (χ1v) is 9.24. The SMILES string of the molecule is O=C(C1CC1)N1CCCC(N2CCN(c3ccccc3F)CC2)C1. The van der Waals surface area contributed by atoms with Gasteiger partial charge in [0.25, 0.3) is 0 Å². The maximum Gasteiger partial charge on any atom is 0.225 e. The number of halogens is 1. The van der Waals surface area contributed by atoms with Crippen molar-refractivity contribution in [2.45, 2.75) is 31.7 Å². The topological polar surface area (TPSA) is 26.8 Å². The van der Waals surface area contributed by atoms with Crippen LogP contribution in [0, 0.1) is 11.7 Å². The van der Waals surface area contributed by atoms with Gasteiger partial charge in [-0.25, -0.2) is 4.39 Å². The molecule has 0 N–H and O–H groups in total. The Balaban J connectivity index is 1.33. The van der Waals surface area contributed by atoms with Crippen LogP contribution in [0.15, 0.2) is 24.3 Å². The van der Waals surface area contributed by atoms with Crippen molar-refractivity contribution in [1.82, 2.24) is 9.80 Å². The zero-order valence-electron chi connectivity index (χ0n) is 14.2. The lowest BCUT2D eigenvalue weighted by Gasteiger charge is -2.44. The number of para-hydroxylation sites is 1. The van der Waals surface area contributed by atoms with Crippen LogP contribution in [0.2, 0.25) is 0 Å². The van der Waals surface area contributed by atoms with Crippen molar-refractivity contribution >= 4 is 11.6 Å². The first kappa shape index (κ1) is 15.9. The summed E-state index contributed by atoms with van der Waals surface area (Å²) in [7, 11) is 0. The quantitative estimate of drug-likeness (QED) is 0.851. The molecule has 0 radical (unpaired) electrons. The molecule has 1 aliphatic carbocycles. The molecule has 2 aliphatic heterocycles. The normalized spacial score (nSPS) is 25.8. The van der Waals surface area contributed by atoms with Crippen LogP contribution in [-0.4, -0.2) is 61.0 Å². The van der Waals surface area contributed by atoms with E-state index in [4.69, 9.17) is 0 Å². The Bertz CT molecular complexity index is 596. The van der Waals surface area contributed by atoms with Gasteiger partial charge in [0.05, 0.1) is 5.69 Å². The van der Waals surface area contributed by atoms with Crippen LogP contribution in [0.3, 0.4) is 0 Å². The molecule has 4 rings (SSSR count). The van der Waals surface area contributed by atoms with Crippen LogP contribution >= 0.6 is 0 Å². The standard InChI is InChI=1S/C19H26FN3O/c20-17-5-1-2-6-18(17)22-12-10-21(11-13-22)16-4-3-9-23(14-16)19(24)15-7-8-15/h1-2,5-6,15-16H,3-4,7-14H2. The fraction of sp³-hybridized carbons (Fsp3) is 0.632. The van der Waals surface area contributed by atoms with Gasteiger partial charge in [0.2, 0.25) is 5.91 Å². The molecule has 1 aromatic rings. The predicted octanol–water partition coefficient (Wildman–Crippen LogP) is 2.35. The van der Waals surface area contributed by atoms with E-state index in [1.165, 1.54) is 12.5 Å². The van der Waals surface area contributed by atoms with E-state index in [9.17, 15) is 9.18 Å². The zero-order chi connectivity index (χ0) is 16.5. The highest BCUT2D eigenvalue weighted by molar-refractivity contribution is 5.81. The number of amides is 1. The molecule has 0 aromatic heterocycles. The Kier molecular flexibility index (Phi) is 4.44. The van der Waals surface area contributed by atoms with Crippen LogP contribution < -0.4 is 4.90 Å². The predicted molar refractivity (Wildman–Crippen MR) is 92.5 cm³/mol. The lowest BCUT2D eigenvalue weighted by Crippen LogP contribution is -2.56. The zero-order valence-corrected chi connectivity index (χ0v) is 14.2. The average molecular weight is 331 g/mol. The van der Waals surface area contributed by atoms with Gasteiger partial charge in [-0.3, -0.25) is 9.69 Å². The van der Waals surface area contributed by atoms with E-state index in [0.717, 1.165) is 58.5 Å². The third-order valence-corrected chi connectivity index (χ3v) is 5.66. The highest BCUT2D eigenvalue weighted by atomic mass is 19.1. The van der Waals surface area contributed by atoms with Crippen molar-refractivity contribution in [3.8, 4) is 0 Å². The molecule has 1 saturated carbocycles. The molecule has 3 aliphatic rings. The molecule has 0 bridgehead atoms. The summed E-state index contributed by atoms with van der Waals surface area (Å²) >= 11 is 0. The number of benzene rings is 1. The van der Waals surface area contributed by atoms with Gasteiger partial charge in [-0.05, 0) is 37.8 Å². The van der Waals surface area contributed by atoms with Crippen LogP contribution in [0.1, 0.15) is 25.7 Å². The number of anilines is 1. The fourth-order valence-electron chi connectivity index (χ4n) is 4.08. The first-order chi connectivity index (χ1) is 11.7. The van der Waals surface area contributed by atoms with Crippen molar-refractivity contribution < 1.29 is 9.18 Å². The second-order valence-corrected chi connectivity index (χ2v) is 7.33. The van der Waals surface area contributed by atoms with Gasteiger partial charge in [0.1, 0.15) is 5.82 Å². The molecule has 1 aromatic carbocycles. The summed E-state index contributed by atoms with van der Waals surface area (Å²) in [6.45, 7) is 5.42. The molecule has 0 spiro atoms. The van der Waals surface area contributed by atoms with Crippen molar-refractivity contribution in [2.75, 3.05) is 44.2 Å². The summed E-state index contributed by atoms with van der Waals surface area (Å²) < 4.78 is 13.9. The highest BCUT2D eigenvalue weighted by Crippen LogP contribution is 2.32. The Morgan fingerprint density at radius 2 is 1.75 bits per heavy atom. The smallest absolute Gasteiger partial charge is 0.225 e. The Morgan fingerprint density at radius 3 is 2.46 bits per heavy atom. The van der Waals surface area contributed by atoms with Gasteiger partial charge in [-0.15, -0.1) is 0 Å². The molecule has 1 unspecified atom stereocenters. The Hall–Kier alpha value is -1.62. The van der Waals surface area contributed by atoms with Crippen LogP contribution in [0.25, 0.3) is 0 Å². The highest BCUT2D eigenvalue weighted by Gasteiger charge is 2.36. The lowest BCUT2D eigenvalue weighted by atomic mass is 10.0. The molecular weight excluding hydrogens is 305 g/mol. The Labute approximate surface area is 143 Å². The number of nitrogens with zero attached hydrogens (tertiary/aromatic N) is 3. The van der Waals surface area contributed by atoms with Gasteiger partial charge >= 0.3 is 0 Å². The number of piperidine rings is 1. The number of piperazine rings is 1. The molecule has 1 atom stereocenters. The van der Waals surface area contributed by atoms with E-state index in [1.54, 1.807) is 6.07 Å². The minimum absolute atomic E-state index is 0.134.